The molecule has 0 radical (unpaired) electrons. The van der Waals surface area contributed by atoms with Crippen LogP contribution in [0, 0.1) is 0 Å². The minimum atomic E-state index is -0.121. The van der Waals surface area contributed by atoms with Gasteiger partial charge >= 0.3 is 0 Å². The van der Waals surface area contributed by atoms with E-state index in [1.807, 2.05) is 24.3 Å². The number of hydrogen-bond donors (Lipinski definition) is 2. The van der Waals surface area contributed by atoms with Crippen LogP contribution in [0.4, 0.5) is 0 Å². The van der Waals surface area contributed by atoms with Gasteiger partial charge in [-0.25, -0.2) is 4.98 Å². The molecule has 1 aromatic heterocycles. The molecule has 1 saturated heterocycles. The first-order valence-corrected chi connectivity index (χ1v) is 10.6. The van der Waals surface area contributed by atoms with Crippen molar-refractivity contribution in [3.05, 3.63) is 83.9 Å². The van der Waals surface area contributed by atoms with Crippen molar-refractivity contribution in [3.8, 4) is 5.75 Å². The molecular formula is C24H28N4O2. The minimum Gasteiger partial charge on any atom is -0.490 e. The number of H-pyrrole nitrogens is 1. The van der Waals surface area contributed by atoms with E-state index in [9.17, 15) is 4.79 Å². The third kappa shape index (κ3) is 5.70. The molecular weight excluding hydrogens is 376 g/mol. The van der Waals surface area contributed by atoms with Crippen molar-refractivity contribution in [2.75, 3.05) is 19.6 Å². The topological polar surface area (TPSA) is 70.2 Å². The van der Waals surface area contributed by atoms with Gasteiger partial charge in [-0.05, 0) is 49.1 Å². The first kappa shape index (κ1) is 20.2. The van der Waals surface area contributed by atoms with Crippen molar-refractivity contribution in [2.45, 2.75) is 31.9 Å². The van der Waals surface area contributed by atoms with E-state index in [1.165, 1.54) is 5.56 Å². The summed E-state index contributed by atoms with van der Waals surface area (Å²) in [5.41, 5.74) is 2.01. The van der Waals surface area contributed by atoms with Gasteiger partial charge in [0.05, 0.1) is 6.54 Å². The molecule has 6 heteroatoms. The van der Waals surface area contributed by atoms with Gasteiger partial charge in [-0.3, -0.25) is 4.79 Å². The van der Waals surface area contributed by atoms with Crippen LogP contribution in [0.15, 0.2) is 67.0 Å². The Labute approximate surface area is 177 Å². The van der Waals surface area contributed by atoms with Crippen LogP contribution in [0.2, 0.25) is 0 Å². The highest BCUT2D eigenvalue weighted by Gasteiger charge is 2.20. The molecule has 1 aliphatic rings. The summed E-state index contributed by atoms with van der Waals surface area (Å²) >= 11 is 0. The average Bonchev–Trinajstić information content (AvgIpc) is 3.32. The number of aromatic amines is 1. The molecule has 30 heavy (non-hydrogen) atoms. The fourth-order valence-electron chi connectivity index (χ4n) is 3.72. The first-order valence-electron chi connectivity index (χ1n) is 10.6. The van der Waals surface area contributed by atoms with Crippen LogP contribution >= 0.6 is 0 Å². The number of carbonyl (C=O) groups is 1. The Kier molecular flexibility index (Phi) is 6.77. The number of imidazole rings is 1. The quantitative estimate of drug-likeness (QED) is 0.604. The predicted octanol–water partition coefficient (Wildman–Crippen LogP) is 3.43. The average molecular weight is 405 g/mol. The Morgan fingerprint density at radius 1 is 1.10 bits per heavy atom. The summed E-state index contributed by atoms with van der Waals surface area (Å²) in [6.07, 6.45) is 6.79. The molecule has 2 aromatic carbocycles. The summed E-state index contributed by atoms with van der Waals surface area (Å²) in [6, 6.07) is 18.0. The number of piperidine rings is 1. The van der Waals surface area contributed by atoms with Crippen LogP contribution in [-0.4, -0.2) is 46.5 Å². The smallest absolute Gasteiger partial charge is 0.251 e. The normalized spacial score (nSPS) is 15.1. The Hall–Kier alpha value is -3.12. The number of carbonyl (C=O) groups excluding carboxylic acids is 1. The Balaban J connectivity index is 1.19. The summed E-state index contributed by atoms with van der Waals surface area (Å²) in [4.78, 5) is 21.8. The van der Waals surface area contributed by atoms with Gasteiger partial charge in [0.2, 0.25) is 0 Å². The monoisotopic (exact) mass is 404 g/mol. The minimum absolute atomic E-state index is 0.121. The molecule has 3 aromatic rings. The number of nitrogens with zero attached hydrogens (tertiary/aromatic N) is 2. The predicted molar refractivity (Wildman–Crippen MR) is 116 cm³/mol. The van der Waals surface area contributed by atoms with E-state index < -0.39 is 0 Å². The molecule has 156 valence electrons. The molecule has 2 N–H and O–H groups in total. The van der Waals surface area contributed by atoms with E-state index in [0.29, 0.717) is 12.1 Å². The fourth-order valence-corrected chi connectivity index (χ4v) is 3.72. The standard InChI is InChI=1S/C24H28N4O2/c29-24(27-18-23-25-13-14-26-23)20-6-8-21(9-7-20)30-22-11-16-28(17-12-22)15-10-19-4-2-1-3-5-19/h1-9,13-14,22H,10-12,15-18H2,(H,25,26)(H,27,29). The number of ether oxygens (including phenoxy) is 1. The lowest BCUT2D eigenvalue weighted by Gasteiger charge is -2.32. The first-order chi connectivity index (χ1) is 14.8. The second-order valence-electron chi connectivity index (χ2n) is 7.64. The lowest BCUT2D eigenvalue weighted by Crippen LogP contribution is -2.39. The number of nitrogens with one attached hydrogen (secondary N) is 2. The van der Waals surface area contributed by atoms with Gasteiger partial charge in [-0.15, -0.1) is 0 Å². The highest BCUT2D eigenvalue weighted by Crippen LogP contribution is 2.20. The molecule has 4 rings (SSSR count). The zero-order valence-corrected chi connectivity index (χ0v) is 17.1. The molecule has 0 bridgehead atoms. The van der Waals surface area contributed by atoms with Crippen LogP contribution in [0.25, 0.3) is 0 Å². The number of amides is 1. The van der Waals surface area contributed by atoms with Crippen LogP contribution in [-0.2, 0) is 13.0 Å². The number of likely N-dealkylation sites (tertiary alicyclic amines) is 1. The lowest BCUT2D eigenvalue weighted by molar-refractivity contribution is 0.0949. The molecule has 6 nitrogen and oxygen atoms in total. The maximum atomic E-state index is 12.2. The third-order valence-corrected chi connectivity index (χ3v) is 5.48. The Morgan fingerprint density at radius 2 is 1.87 bits per heavy atom. The van der Waals surface area contributed by atoms with Gasteiger partial charge in [0.1, 0.15) is 17.7 Å². The van der Waals surface area contributed by atoms with Crippen LogP contribution in [0.1, 0.15) is 34.6 Å². The zero-order chi connectivity index (χ0) is 20.6. The number of rotatable bonds is 8. The van der Waals surface area contributed by atoms with E-state index in [0.717, 1.165) is 50.5 Å². The van der Waals surface area contributed by atoms with E-state index in [-0.39, 0.29) is 12.0 Å². The van der Waals surface area contributed by atoms with Gasteiger partial charge in [-0.2, -0.15) is 0 Å². The maximum Gasteiger partial charge on any atom is 0.251 e. The maximum absolute atomic E-state index is 12.2. The number of benzene rings is 2. The highest BCUT2D eigenvalue weighted by atomic mass is 16.5. The molecule has 1 fully saturated rings. The van der Waals surface area contributed by atoms with Gasteiger partial charge in [0, 0.05) is 37.6 Å². The van der Waals surface area contributed by atoms with Crippen LogP contribution in [0.5, 0.6) is 5.75 Å². The number of hydrogen-bond acceptors (Lipinski definition) is 4. The van der Waals surface area contributed by atoms with E-state index in [1.54, 1.807) is 12.4 Å². The van der Waals surface area contributed by atoms with Crippen LogP contribution < -0.4 is 10.1 Å². The molecule has 1 aliphatic heterocycles. The summed E-state index contributed by atoms with van der Waals surface area (Å²) in [5, 5.41) is 2.85. The Morgan fingerprint density at radius 3 is 2.57 bits per heavy atom. The summed E-state index contributed by atoms with van der Waals surface area (Å²) in [5.74, 6) is 1.43. The molecule has 0 saturated carbocycles. The second-order valence-corrected chi connectivity index (χ2v) is 7.64. The molecule has 0 unspecified atom stereocenters. The van der Waals surface area contributed by atoms with Crippen molar-refractivity contribution in [1.29, 1.82) is 0 Å². The van der Waals surface area contributed by atoms with E-state index in [2.05, 4.69) is 50.5 Å². The third-order valence-electron chi connectivity index (χ3n) is 5.48. The van der Waals surface area contributed by atoms with Gasteiger partial charge < -0.3 is 19.9 Å². The Bertz CT molecular complexity index is 902. The van der Waals surface area contributed by atoms with Crippen molar-refractivity contribution in [2.24, 2.45) is 0 Å². The largest absolute Gasteiger partial charge is 0.490 e. The van der Waals surface area contributed by atoms with Crippen LogP contribution in [0.3, 0.4) is 0 Å². The molecule has 2 heterocycles. The van der Waals surface area contributed by atoms with Gasteiger partial charge in [0.15, 0.2) is 0 Å². The summed E-state index contributed by atoms with van der Waals surface area (Å²) in [6.45, 7) is 3.60. The molecule has 0 atom stereocenters. The molecule has 1 amide bonds. The van der Waals surface area contributed by atoms with Gasteiger partial charge in [0.25, 0.3) is 5.91 Å². The zero-order valence-electron chi connectivity index (χ0n) is 17.1. The lowest BCUT2D eigenvalue weighted by atomic mass is 10.1. The van der Waals surface area contributed by atoms with E-state index in [4.69, 9.17) is 4.74 Å². The fraction of sp³-hybridized carbons (Fsp3) is 0.333. The second kappa shape index (κ2) is 10.1. The van der Waals surface area contributed by atoms with E-state index >= 15 is 0 Å². The summed E-state index contributed by atoms with van der Waals surface area (Å²) in [7, 11) is 0. The van der Waals surface area contributed by atoms with Crippen molar-refractivity contribution < 1.29 is 9.53 Å². The van der Waals surface area contributed by atoms with Gasteiger partial charge in [-0.1, -0.05) is 30.3 Å². The number of aromatic nitrogens is 2. The van der Waals surface area contributed by atoms with Crippen molar-refractivity contribution in [3.63, 3.8) is 0 Å². The molecule has 0 aliphatic carbocycles. The molecule has 0 spiro atoms. The highest BCUT2D eigenvalue weighted by molar-refractivity contribution is 5.94. The van der Waals surface area contributed by atoms with Crippen molar-refractivity contribution >= 4 is 5.91 Å². The SMILES string of the molecule is O=C(NCc1ncc[nH]1)c1ccc(OC2CCN(CCc3ccccc3)CC2)cc1. The summed E-state index contributed by atoms with van der Waals surface area (Å²) < 4.78 is 6.15. The van der Waals surface area contributed by atoms with Crippen molar-refractivity contribution in [1.82, 2.24) is 20.2 Å².